The first-order chi connectivity index (χ1) is 28.1. The Morgan fingerprint density at radius 2 is 1.63 bits per heavy atom. The maximum absolute atomic E-state index is 13.9. The van der Waals surface area contributed by atoms with Crippen molar-refractivity contribution < 1.29 is 42.9 Å². The van der Waals surface area contributed by atoms with Gasteiger partial charge in [-0.25, -0.2) is 19.4 Å². The van der Waals surface area contributed by atoms with E-state index in [1.54, 1.807) is 81.4 Å². The van der Waals surface area contributed by atoms with Gasteiger partial charge in [0.25, 0.3) is 11.8 Å². The van der Waals surface area contributed by atoms with Crippen molar-refractivity contribution in [2.75, 3.05) is 32.2 Å². The number of pyridine rings is 1. The number of nitrogens with zero attached hydrogens (tertiary/aromatic N) is 1. The van der Waals surface area contributed by atoms with Crippen LogP contribution in [-0.2, 0) is 25.4 Å². The molecule has 6 N–H and O–H groups in total. The highest BCUT2D eigenvalue weighted by Gasteiger charge is 2.28. The Morgan fingerprint density at radius 3 is 2.25 bits per heavy atom. The molecule has 3 amide bonds. The molecule has 0 bridgehead atoms. The minimum absolute atomic E-state index is 0.0593. The molecule has 15 heteroatoms. The number of carbonyl (C=O) groups excluding carboxylic acids is 5. The van der Waals surface area contributed by atoms with Gasteiger partial charge in [0.1, 0.15) is 42.1 Å². The van der Waals surface area contributed by atoms with Crippen molar-refractivity contribution in [1.82, 2.24) is 15.6 Å². The lowest BCUT2D eigenvalue weighted by Gasteiger charge is -2.23. The number of methoxy groups -OCH3 is 1. The van der Waals surface area contributed by atoms with Crippen molar-refractivity contribution in [3.63, 3.8) is 0 Å². The summed E-state index contributed by atoms with van der Waals surface area (Å²) in [6.07, 6.45) is 2.82. The Morgan fingerprint density at radius 1 is 0.932 bits per heavy atom. The molecule has 4 aromatic rings. The molecule has 59 heavy (non-hydrogen) atoms. The van der Waals surface area contributed by atoms with Crippen LogP contribution in [0.3, 0.4) is 0 Å². The number of amides is 3. The maximum Gasteiger partial charge on any atom is 0.408 e. The number of hydrogen-bond acceptors (Lipinski definition) is 11. The zero-order valence-corrected chi connectivity index (χ0v) is 33.4. The molecule has 5 rings (SSSR count). The largest absolute Gasteiger partial charge is 0.496 e. The predicted octanol–water partition coefficient (Wildman–Crippen LogP) is 5.91. The molecule has 1 fully saturated rings. The molecule has 1 aliphatic carbocycles. The highest BCUT2D eigenvalue weighted by Crippen LogP contribution is 2.35. The summed E-state index contributed by atoms with van der Waals surface area (Å²) in [5, 5.41) is 15.9. The number of nitrogens with two attached hydrogens (primary N) is 1. The Kier molecular flexibility index (Phi) is 14.2. The number of ether oxygens (including phenoxy) is 4. The summed E-state index contributed by atoms with van der Waals surface area (Å²) in [5.74, 6) is -2.24. The monoisotopic (exact) mass is 804 g/mol. The fraction of sp³-hybridized carbons (Fsp3) is 0.295. The lowest BCUT2D eigenvalue weighted by molar-refractivity contribution is -0.147. The fourth-order valence-electron chi connectivity index (χ4n) is 5.82. The normalized spacial score (nSPS) is 12.6. The lowest BCUT2D eigenvalue weighted by Crippen LogP contribution is -2.45. The number of esters is 2. The minimum atomic E-state index is -1.12. The van der Waals surface area contributed by atoms with Crippen LogP contribution in [0.2, 0.25) is 0 Å². The van der Waals surface area contributed by atoms with Crippen LogP contribution >= 0.6 is 0 Å². The number of hydrogen-bond donors (Lipinski definition) is 5. The molecule has 1 aromatic heterocycles. The third-order valence-corrected chi connectivity index (χ3v) is 8.97. The minimum Gasteiger partial charge on any atom is -0.496 e. The van der Waals surface area contributed by atoms with E-state index < -0.39 is 48.1 Å². The number of anilines is 1. The number of benzene rings is 3. The molecule has 308 valence electrons. The Balaban J connectivity index is 1.41. The van der Waals surface area contributed by atoms with E-state index in [0.29, 0.717) is 35.0 Å². The van der Waals surface area contributed by atoms with Gasteiger partial charge >= 0.3 is 18.0 Å². The van der Waals surface area contributed by atoms with Gasteiger partial charge in [-0.2, -0.15) is 0 Å². The molecule has 0 unspecified atom stereocenters. The molecule has 0 radical (unpaired) electrons. The van der Waals surface area contributed by atoms with Gasteiger partial charge in [-0.3, -0.25) is 15.0 Å². The molecular formula is C44H48N6O9. The van der Waals surface area contributed by atoms with Gasteiger partial charge in [0.2, 0.25) is 0 Å². The molecule has 15 nitrogen and oxygen atoms in total. The number of amidine groups is 1. The molecule has 0 spiro atoms. The van der Waals surface area contributed by atoms with Gasteiger partial charge < -0.3 is 40.6 Å². The van der Waals surface area contributed by atoms with Crippen LogP contribution in [0.4, 0.5) is 10.5 Å². The maximum atomic E-state index is 13.9. The molecule has 1 atom stereocenters. The van der Waals surface area contributed by atoms with Crippen LogP contribution in [0.1, 0.15) is 81.6 Å². The average molecular weight is 805 g/mol. The third-order valence-electron chi connectivity index (χ3n) is 8.97. The Bertz CT molecular complexity index is 2210. The highest BCUT2D eigenvalue weighted by atomic mass is 16.6. The van der Waals surface area contributed by atoms with Crippen LogP contribution in [0.15, 0.2) is 85.4 Å². The number of alkyl carbamates (subject to hydrolysis) is 1. The first-order valence-corrected chi connectivity index (χ1v) is 18.9. The van der Waals surface area contributed by atoms with Gasteiger partial charge in [-0.1, -0.05) is 43.0 Å². The van der Waals surface area contributed by atoms with Crippen molar-refractivity contribution >= 4 is 47.4 Å². The molecular weight excluding hydrogens is 757 g/mol. The summed E-state index contributed by atoms with van der Waals surface area (Å²) in [5.41, 5.74) is 7.00. The van der Waals surface area contributed by atoms with E-state index in [2.05, 4.69) is 27.5 Å². The third kappa shape index (κ3) is 12.2. The summed E-state index contributed by atoms with van der Waals surface area (Å²) < 4.78 is 21.9. The molecule has 1 saturated carbocycles. The van der Waals surface area contributed by atoms with Crippen molar-refractivity contribution in [2.24, 2.45) is 11.7 Å². The molecule has 1 aliphatic rings. The molecule has 1 heterocycles. The van der Waals surface area contributed by atoms with E-state index in [1.807, 2.05) is 6.07 Å². The van der Waals surface area contributed by atoms with Crippen molar-refractivity contribution in [3.8, 4) is 16.9 Å². The van der Waals surface area contributed by atoms with E-state index in [9.17, 15) is 24.0 Å². The second-order valence-electron chi connectivity index (χ2n) is 14.7. The number of aromatic nitrogens is 1. The van der Waals surface area contributed by atoms with Gasteiger partial charge in [-0.05, 0) is 93.6 Å². The SMILES string of the molecule is C=Cc1cc(C(=O)Nc2ccc(C(=N)N)cc2)c(-c2ccc(C(=O)NCC3CC3)nc2C(=O)OCCOC(=O)[C@H](Cc2ccccc2)NC(=O)OC(C)(C)C)cc1OC. The Hall–Kier alpha value is -7.03. The molecule has 0 saturated heterocycles. The zero-order valence-electron chi connectivity index (χ0n) is 33.4. The number of rotatable bonds is 17. The summed E-state index contributed by atoms with van der Waals surface area (Å²) in [6.45, 7) is 8.58. The van der Waals surface area contributed by atoms with Gasteiger partial charge in [-0.15, -0.1) is 0 Å². The lowest BCUT2D eigenvalue weighted by atomic mass is 9.94. The van der Waals surface area contributed by atoms with Crippen molar-refractivity contribution in [2.45, 2.75) is 51.7 Å². The molecule has 3 aromatic carbocycles. The quantitative estimate of drug-likeness (QED) is 0.0278. The predicted molar refractivity (Wildman–Crippen MR) is 221 cm³/mol. The zero-order chi connectivity index (χ0) is 42.7. The van der Waals surface area contributed by atoms with E-state index >= 15 is 0 Å². The first kappa shape index (κ1) is 43.1. The highest BCUT2D eigenvalue weighted by molar-refractivity contribution is 6.11. The summed E-state index contributed by atoms with van der Waals surface area (Å²) >= 11 is 0. The summed E-state index contributed by atoms with van der Waals surface area (Å²) in [7, 11) is 1.44. The second-order valence-corrected chi connectivity index (χ2v) is 14.7. The number of nitrogen functional groups attached to an aromatic ring is 1. The Labute approximate surface area is 342 Å². The summed E-state index contributed by atoms with van der Waals surface area (Å²) in [4.78, 5) is 71.3. The van der Waals surface area contributed by atoms with Gasteiger partial charge in [0, 0.05) is 46.5 Å². The van der Waals surface area contributed by atoms with E-state index in [-0.39, 0.29) is 46.9 Å². The van der Waals surface area contributed by atoms with Crippen LogP contribution in [-0.4, -0.2) is 79.2 Å². The van der Waals surface area contributed by atoms with E-state index in [1.165, 1.54) is 25.3 Å². The van der Waals surface area contributed by atoms with E-state index in [4.69, 9.17) is 30.1 Å². The number of nitrogens with one attached hydrogen (secondary N) is 4. The average Bonchev–Trinajstić information content (AvgIpc) is 4.05. The van der Waals surface area contributed by atoms with Crippen LogP contribution in [0, 0.1) is 11.3 Å². The molecule has 0 aliphatic heterocycles. The van der Waals surface area contributed by atoms with Crippen LogP contribution in [0.5, 0.6) is 5.75 Å². The smallest absolute Gasteiger partial charge is 0.408 e. The first-order valence-electron chi connectivity index (χ1n) is 18.9. The van der Waals surface area contributed by atoms with Crippen molar-refractivity contribution in [1.29, 1.82) is 5.41 Å². The topological polar surface area (TPSA) is 221 Å². The second kappa shape index (κ2) is 19.4. The summed E-state index contributed by atoms with van der Waals surface area (Å²) in [6, 6.07) is 20.3. The van der Waals surface area contributed by atoms with Crippen LogP contribution < -0.4 is 26.4 Å². The number of carbonyl (C=O) groups is 5. The van der Waals surface area contributed by atoms with Crippen LogP contribution in [0.25, 0.3) is 17.2 Å². The van der Waals surface area contributed by atoms with Crippen molar-refractivity contribution in [3.05, 3.63) is 119 Å². The standard InChI is InChI=1S/C44H48N6O9/c1-6-28-23-33(39(51)48-30-16-14-29(15-17-30)38(45)46)32(24-36(28)56-5)31-18-19-34(40(52)47-25-27-12-13-27)49-37(31)42(54)58-21-20-57-41(53)35(22-26-10-8-7-9-11-26)50-43(55)59-44(2,3)4/h6-11,14-19,23-24,27,35H,1,12-13,20-22,25H2,2-5H3,(H3,45,46)(H,47,52)(H,48,51)(H,50,55)/t35-/m0/s1. The van der Waals surface area contributed by atoms with Gasteiger partial charge in [0.15, 0.2) is 5.69 Å². The van der Waals surface area contributed by atoms with E-state index in [0.717, 1.165) is 18.4 Å². The fourth-order valence-corrected chi connectivity index (χ4v) is 5.82. The van der Waals surface area contributed by atoms with Gasteiger partial charge in [0.05, 0.1) is 7.11 Å².